The summed E-state index contributed by atoms with van der Waals surface area (Å²) in [5.41, 5.74) is 2.25. The van der Waals surface area contributed by atoms with Crippen molar-refractivity contribution >= 4 is 17.6 Å². The number of hydrogen-bond acceptors (Lipinski definition) is 6. The Labute approximate surface area is 181 Å². The molecule has 2 aromatic rings. The van der Waals surface area contributed by atoms with Gasteiger partial charge in [0.15, 0.2) is 0 Å². The van der Waals surface area contributed by atoms with Crippen LogP contribution in [-0.2, 0) is 9.59 Å². The topological polar surface area (TPSA) is 97.7 Å². The smallest absolute Gasteiger partial charge is 0.303 e. The first-order chi connectivity index (χ1) is 15.0. The van der Waals surface area contributed by atoms with Crippen molar-refractivity contribution in [1.82, 2.24) is 5.01 Å². The first kappa shape index (κ1) is 22.1. The number of carboxylic acids is 1. The van der Waals surface area contributed by atoms with Gasteiger partial charge in [-0.3, -0.25) is 9.59 Å². The van der Waals surface area contributed by atoms with E-state index in [2.05, 4.69) is 5.10 Å². The van der Waals surface area contributed by atoms with E-state index in [0.717, 1.165) is 11.1 Å². The number of ether oxygens (including phenoxy) is 3. The first-order valence-electron chi connectivity index (χ1n) is 9.95. The number of hydrazone groups is 1. The number of carboxylic acid groups (broad SMARTS) is 1. The first-order valence-corrected chi connectivity index (χ1v) is 9.95. The molecule has 1 aliphatic rings. The van der Waals surface area contributed by atoms with Gasteiger partial charge in [0.2, 0.25) is 5.91 Å². The van der Waals surface area contributed by atoms with Gasteiger partial charge in [-0.1, -0.05) is 18.2 Å². The Morgan fingerprint density at radius 2 is 1.77 bits per heavy atom. The molecule has 1 aliphatic heterocycles. The van der Waals surface area contributed by atoms with Crippen molar-refractivity contribution in [1.29, 1.82) is 0 Å². The van der Waals surface area contributed by atoms with Gasteiger partial charge in [-0.15, -0.1) is 0 Å². The molecule has 0 fully saturated rings. The minimum absolute atomic E-state index is 0.0703. The Morgan fingerprint density at radius 1 is 1.03 bits per heavy atom. The Balaban J connectivity index is 1.99. The van der Waals surface area contributed by atoms with Crippen LogP contribution in [0.2, 0.25) is 0 Å². The van der Waals surface area contributed by atoms with Crippen LogP contribution >= 0.6 is 0 Å². The number of rotatable bonds is 9. The van der Waals surface area contributed by atoms with Crippen molar-refractivity contribution in [3.8, 4) is 17.2 Å². The zero-order valence-electron chi connectivity index (χ0n) is 17.8. The molecule has 164 valence electrons. The van der Waals surface area contributed by atoms with E-state index in [1.165, 1.54) is 5.01 Å². The standard InChI is InChI=1S/C23H26N2O6/c1-29-15-11-12-21(31-3)17(13-15)18-14-19(16-7-4-5-8-20(16)30-2)25(24-18)22(26)9-6-10-23(27)28/h4-5,7-8,11-13,19H,6,9-10,14H2,1-3H3,(H,27,28). The molecule has 0 saturated carbocycles. The fourth-order valence-corrected chi connectivity index (χ4v) is 3.63. The SMILES string of the molecule is COc1ccc(OC)c(C2=NN(C(=O)CCCC(=O)O)C(c3ccccc3OC)C2)c1. The van der Waals surface area contributed by atoms with Gasteiger partial charge in [0, 0.05) is 30.4 Å². The predicted molar refractivity (Wildman–Crippen MR) is 115 cm³/mol. The van der Waals surface area contributed by atoms with E-state index in [1.54, 1.807) is 33.5 Å². The van der Waals surface area contributed by atoms with Crippen LogP contribution in [0.1, 0.15) is 42.9 Å². The van der Waals surface area contributed by atoms with Crippen molar-refractivity contribution in [3.63, 3.8) is 0 Å². The summed E-state index contributed by atoms with van der Waals surface area (Å²) in [6.45, 7) is 0. The molecule has 8 nitrogen and oxygen atoms in total. The third kappa shape index (κ3) is 4.96. The van der Waals surface area contributed by atoms with Gasteiger partial charge in [-0.25, -0.2) is 5.01 Å². The number of amides is 1. The highest BCUT2D eigenvalue weighted by atomic mass is 16.5. The van der Waals surface area contributed by atoms with Crippen LogP contribution < -0.4 is 14.2 Å². The fraction of sp³-hybridized carbons (Fsp3) is 0.348. The molecular weight excluding hydrogens is 400 g/mol. The summed E-state index contributed by atoms with van der Waals surface area (Å²) in [5.74, 6) is 0.761. The van der Waals surface area contributed by atoms with E-state index in [0.29, 0.717) is 29.4 Å². The summed E-state index contributed by atoms with van der Waals surface area (Å²) in [6.07, 6.45) is 0.717. The lowest BCUT2D eigenvalue weighted by Crippen LogP contribution is -2.27. The highest BCUT2D eigenvalue weighted by molar-refractivity contribution is 6.05. The lowest BCUT2D eigenvalue weighted by atomic mass is 9.97. The maximum atomic E-state index is 13.0. The lowest BCUT2D eigenvalue weighted by molar-refractivity contribution is -0.137. The van der Waals surface area contributed by atoms with Crippen LogP contribution in [0.3, 0.4) is 0 Å². The molecule has 0 aliphatic carbocycles. The third-order valence-corrected chi connectivity index (χ3v) is 5.16. The summed E-state index contributed by atoms with van der Waals surface area (Å²) in [6, 6.07) is 12.5. The van der Waals surface area contributed by atoms with Gasteiger partial charge in [-0.2, -0.15) is 5.10 Å². The normalized spacial score (nSPS) is 15.4. The van der Waals surface area contributed by atoms with E-state index in [-0.39, 0.29) is 31.2 Å². The molecule has 0 saturated heterocycles. The summed E-state index contributed by atoms with van der Waals surface area (Å²) < 4.78 is 16.4. The molecule has 0 radical (unpaired) electrons. The molecule has 0 aromatic heterocycles. The quantitative estimate of drug-likeness (QED) is 0.657. The zero-order chi connectivity index (χ0) is 22.4. The van der Waals surface area contributed by atoms with Crippen LogP contribution in [0.5, 0.6) is 17.2 Å². The van der Waals surface area contributed by atoms with Gasteiger partial charge >= 0.3 is 5.97 Å². The second kappa shape index (κ2) is 9.97. The van der Waals surface area contributed by atoms with Crippen molar-refractivity contribution in [2.75, 3.05) is 21.3 Å². The van der Waals surface area contributed by atoms with Crippen LogP contribution in [-0.4, -0.2) is 49.0 Å². The largest absolute Gasteiger partial charge is 0.497 e. The molecule has 1 unspecified atom stereocenters. The number of methoxy groups -OCH3 is 3. The van der Waals surface area contributed by atoms with Gasteiger partial charge in [-0.05, 0) is 30.7 Å². The second-order valence-electron chi connectivity index (χ2n) is 7.06. The van der Waals surface area contributed by atoms with Gasteiger partial charge in [0.05, 0.1) is 33.1 Å². The summed E-state index contributed by atoms with van der Waals surface area (Å²) in [4.78, 5) is 23.8. The molecule has 8 heteroatoms. The minimum Gasteiger partial charge on any atom is -0.497 e. The van der Waals surface area contributed by atoms with E-state index < -0.39 is 5.97 Å². The lowest BCUT2D eigenvalue weighted by Gasteiger charge is -2.23. The molecule has 1 atom stereocenters. The molecule has 1 heterocycles. The van der Waals surface area contributed by atoms with Gasteiger partial charge in [0.25, 0.3) is 0 Å². The molecule has 1 amide bonds. The Kier molecular flexibility index (Phi) is 7.12. The second-order valence-corrected chi connectivity index (χ2v) is 7.06. The van der Waals surface area contributed by atoms with E-state index in [1.807, 2.05) is 30.3 Å². The number of carbonyl (C=O) groups excluding carboxylic acids is 1. The van der Waals surface area contributed by atoms with Crippen LogP contribution in [0.15, 0.2) is 47.6 Å². The monoisotopic (exact) mass is 426 g/mol. The number of benzene rings is 2. The average molecular weight is 426 g/mol. The van der Waals surface area contributed by atoms with Gasteiger partial charge < -0.3 is 19.3 Å². The summed E-state index contributed by atoms with van der Waals surface area (Å²) >= 11 is 0. The number of nitrogens with zero attached hydrogens (tertiary/aromatic N) is 2. The Hall–Kier alpha value is -3.55. The van der Waals surface area contributed by atoms with Crippen LogP contribution in [0.25, 0.3) is 0 Å². The molecule has 31 heavy (non-hydrogen) atoms. The van der Waals surface area contributed by atoms with E-state index in [4.69, 9.17) is 19.3 Å². The third-order valence-electron chi connectivity index (χ3n) is 5.16. The zero-order valence-corrected chi connectivity index (χ0v) is 17.8. The van der Waals surface area contributed by atoms with Crippen molar-refractivity contribution in [2.24, 2.45) is 5.10 Å². The molecule has 1 N–H and O–H groups in total. The number of aliphatic carboxylic acids is 1. The molecule has 0 bridgehead atoms. The number of carbonyl (C=O) groups is 2. The highest BCUT2D eigenvalue weighted by Crippen LogP contribution is 2.39. The Morgan fingerprint density at radius 3 is 2.45 bits per heavy atom. The van der Waals surface area contributed by atoms with Crippen molar-refractivity contribution in [3.05, 3.63) is 53.6 Å². The fourth-order valence-electron chi connectivity index (χ4n) is 3.63. The van der Waals surface area contributed by atoms with E-state index in [9.17, 15) is 9.59 Å². The van der Waals surface area contributed by atoms with Gasteiger partial charge in [0.1, 0.15) is 17.2 Å². The highest BCUT2D eigenvalue weighted by Gasteiger charge is 2.35. The molecular formula is C23H26N2O6. The summed E-state index contributed by atoms with van der Waals surface area (Å²) in [5, 5.41) is 15.0. The van der Waals surface area contributed by atoms with Crippen LogP contribution in [0, 0.1) is 0 Å². The maximum absolute atomic E-state index is 13.0. The maximum Gasteiger partial charge on any atom is 0.303 e. The predicted octanol–water partition coefficient (Wildman–Crippen LogP) is 3.65. The van der Waals surface area contributed by atoms with Crippen LogP contribution in [0.4, 0.5) is 0 Å². The van der Waals surface area contributed by atoms with Crippen molar-refractivity contribution in [2.45, 2.75) is 31.7 Å². The summed E-state index contributed by atoms with van der Waals surface area (Å²) in [7, 11) is 4.74. The Bertz CT molecular complexity index is 988. The minimum atomic E-state index is -0.930. The molecule has 3 rings (SSSR count). The molecule has 0 spiro atoms. The number of para-hydroxylation sites is 1. The number of hydrogen-bond donors (Lipinski definition) is 1. The van der Waals surface area contributed by atoms with Crippen molar-refractivity contribution < 1.29 is 28.9 Å². The average Bonchev–Trinajstić information content (AvgIpc) is 3.23. The molecule has 2 aromatic carbocycles. The van der Waals surface area contributed by atoms with E-state index >= 15 is 0 Å².